The molecule has 0 aromatic heterocycles. The van der Waals surface area contributed by atoms with Crippen molar-refractivity contribution in [3.8, 4) is 0 Å². The van der Waals surface area contributed by atoms with Gasteiger partial charge in [-0.1, -0.05) is 325 Å². The number of hydrogen-bond donors (Lipinski definition) is 3. The SMILES string of the molecule is CCCCC/C=C\C/C=C\CCCCCCCC(=O)OCCCCCCCCCCCCCCCCC/C=C\C/C=C\CCCCCCCCCCCCCCCCCCCC(=O)NC(CO)C(O)/C=C/CCCCCCCCC. The average molecular weight is 1120 g/mol. The minimum absolute atomic E-state index is 0.00579. The predicted octanol–water partition coefficient (Wildman–Crippen LogP) is 23.0. The van der Waals surface area contributed by atoms with Crippen molar-refractivity contribution >= 4 is 11.9 Å². The third-order valence-corrected chi connectivity index (χ3v) is 16.3. The van der Waals surface area contributed by atoms with Crippen molar-refractivity contribution in [2.45, 2.75) is 386 Å². The summed E-state index contributed by atoms with van der Waals surface area (Å²) in [5.74, 6) is -0.0612. The molecule has 0 aliphatic heterocycles. The molecule has 6 nitrogen and oxygen atoms in total. The van der Waals surface area contributed by atoms with Crippen molar-refractivity contribution in [2.75, 3.05) is 13.2 Å². The molecule has 1 amide bonds. The molecule has 2 atom stereocenters. The number of unbranched alkanes of at least 4 members (excludes halogenated alkanes) is 47. The van der Waals surface area contributed by atoms with E-state index in [1.165, 1.54) is 289 Å². The zero-order valence-electron chi connectivity index (χ0n) is 53.6. The summed E-state index contributed by atoms with van der Waals surface area (Å²) < 4.78 is 5.49. The summed E-state index contributed by atoms with van der Waals surface area (Å²) in [5, 5.41) is 23.0. The second-order valence-electron chi connectivity index (χ2n) is 24.2. The van der Waals surface area contributed by atoms with Gasteiger partial charge in [0.15, 0.2) is 0 Å². The van der Waals surface area contributed by atoms with E-state index < -0.39 is 12.1 Å². The quantitative estimate of drug-likeness (QED) is 0.0320. The molecule has 0 aliphatic rings. The van der Waals surface area contributed by atoms with Crippen molar-refractivity contribution in [1.29, 1.82) is 0 Å². The zero-order chi connectivity index (χ0) is 57.8. The van der Waals surface area contributed by atoms with Crippen LogP contribution in [-0.4, -0.2) is 47.4 Å². The van der Waals surface area contributed by atoms with Crippen LogP contribution in [0.4, 0.5) is 0 Å². The summed E-state index contributed by atoms with van der Waals surface area (Å²) in [4.78, 5) is 24.5. The number of allylic oxidation sites excluding steroid dienone is 9. The van der Waals surface area contributed by atoms with Crippen molar-refractivity contribution in [3.05, 3.63) is 60.8 Å². The lowest BCUT2D eigenvalue weighted by atomic mass is 10.0. The van der Waals surface area contributed by atoms with Crippen LogP contribution in [0.5, 0.6) is 0 Å². The summed E-state index contributed by atoms with van der Waals surface area (Å²) in [7, 11) is 0. The maximum absolute atomic E-state index is 12.4. The first-order chi connectivity index (χ1) is 39.5. The fourth-order valence-electron chi connectivity index (χ4n) is 10.8. The Balaban J connectivity index is 3.34. The molecular weight excluding hydrogens is 983 g/mol. The van der Waals surface area contributed by atoms with E-state index in [0.29, 0.717) is 19.4 Å². The standard InChI is InChI=1S/C74H137NO5/c1-3-5-7-9-11-13-14-15-41-45-48-52-56-60-64-68-74(79)80-69-65-61-57-53-49-46-43-40-38-36-34-32-30-28-26-24-22-20-18-16-17-19-21-23-25-27-29-31-33-35-37-39-42-44-47-51-55-59-63-67-73(78)75-71(70-76)72(77)66-62-58-54-50-12-10-8-6-4-2/h11,13,15-17,20,22,41,62,66,71-72,76-77H,3-10,12,14,18-19,21,23-40,42-61,63-65,67-70H2,1-2H3,(H,75,78)/b13-11-,17-16-,22-20-,41-15-,66-62+. The van der Waals surface area contributed by atoms with E-state index >= 15 is 0 Å². The largest absolute Gasteiger partial charge is 0.466 e. The summed E-state index contributed by atoms with van der Waals surface area (Å²) in [6.07, 6.45) is 91.9. The van der Waals surface area contributed by atoms with E-state index in [0.717, 1.165) is 57.8 Å². The van der Waals surface area contributed by atoms with Gasteiger partial charge in [0, 0.05) is 12.8 Å². The third kappa shape index (κ3) is 64.7. The molecule has 6 heteroatoms. The van der Waals surface area contributed by atoms with Gasteiger partial charge < -0.3 is 20.3 Å². The number of rotatable bonds is 66. The fraction of sp³-hybridized carbons (Fsp3) is 0.838. The molecule has 3 N–H and O–H groups in total. The lowest BCUT2D eigenvalue weighted by Gasteiger charge is -2.20. The van der Waals surface area contributed by atoms with Gasteiger partial charge in [-0.2, -0.15) is 0 Å². The second kappa shape index (κ2) is 69.1. The van der Waals surface area contributed by atoms with Crippen molar-refractivity contribution in [3.63, 3.8) is 0 Å². The molecule has 0 heterocycles. The second-order valence-corrected chi connectivity index (χ2v) is 24.2. The Morgan fingerprint density at radius 2 is 0.625 bits per heavy atom. The van der Waals surface area contributed by atoms with Crippen LogP contribution in [0.2, 0.25) is 0 Å². The summed E-state index contributed by atoms with van der Waals surface area (Å²) in [6.45, 7) is 4.86. The van der Waals surface area contributed by atoms with Crippen molar-refractivity contribution in [2.24, 2.45) is 0 Å². The minimum atomic E-state index is -0.840. The van der Waals surface area contributed by atoms with Gasteiger partial charge in [-0.05, 0) is 96.3 Å². The van der Waals surface area contributed by atoms with E-state index in [-0.39, 0.29) is 18.5 Å². The molecule has 0 rings (SSSR count). The highest BCUT2D eigenvalue weighted by molar-refractivity contribution is 5.76. The van der Waals surface area contributed by atoms with Gasteiger partial charge in [0.25, 0.3) is 0 Å². The first kappa shape index (κ1) is 77.6. The van der Waals surface area contributed by atoms with Crippen LogP contribution in [0, 0.1) is 0 Å². The maximum Gasteiger partial charge on any atom is 0.305 e. The number of amides is 1. The summed E-state index contributed by atoms with van der Waals surface area (Å²) >= 11 is 0. The molecule has 0 bridgehead atoms. The monoisotopic (exact) mass is 1120 g/mol. The Hall–Kier alpha value is -2.44. The molecule has 0 saturated heterocycles. The normalized spacial score (nSPS) is 12.9. The van der Waals surface area contributed by atoms with E-state index in [1.54, 1.807) is 6.08 Å². The molecule has 80 heavy (non-hydrogen) atoms. The van der Waals surface area contributed by atoms with E-state index in [4.69, 9.17) is 4.74 Å². The molecule has 0 saturated carbocycles. The third-order valence-electron chi connectivity index (χ3n) is 16.3. The Kier molecular flexibility index (Phi) is 66.9. The molecule has 468 valence electrons. The molecule has 0 aliphatic carbocycles. The van der Waals surface area contributed by atoms with Gasteiger partial charge in [-0.3, -0.25) is 9.59 Å². The average Bonchev–Trinajstić information content (AvgIpc) is 3.46. The van der Waals surface area contributed by atoms with Gasteiger partial charge >= 0.3 is 5.97 Å². The van der Waals surface area contributed by atoms with Crippen LogP contribution in [0.1, 0.15) is 373 Å². The van der Waals surface area contributed by atoms with Crippen LogP contribution in [0.3, 0.4) is 0 Å². The van der Waals surface area contributed by atoms with Gasteiger partial charge in [0.1, 0.15) is 0 Å². The van der Waals surface area contributed by atoms with Crippen LogP contribution in [0.15, 0.2) is 60.8 Å². The van der Waals surface area contributed by atoms with E-state index in [2.05, 4.69) is 67.8 Å². The van der Waals surface area contributed by atoms with Gasteiger partial charge in [0.2, 0.25) is 5.91 Å². The maximum atomic E-state index is 12.4. The fourth-order valence-corrected chi connectivity index (χ4v) is 10.8. The highest BCUT2D eigenvalue weighted by Crippen LogP contribution is 2.18. The van der Waals surface area contributed by atoms with Crippen LogP contribution in [0.25, 0.3) is 0 Å². The lowest BCUT2D eigenvalue weighted by Crippen LogP contribution is -2.45. The predicted molar refractivity (Wildman–Crippen MR) is 352 cm³/mol. The Morgan fingerprint density at radius 1 is 0.350 bits per heavy atom. The van der Waals surface area contributed by atoms with Crippen LogP contribution >= 0.6 is 0 Å². The Labute approximate surface area is 499 Å². The Bertz CT molecular complexity index is 1380. The molecule has 0 aromatic rings. The van der Waals surface area contributed by atoms with Crippen molar-refractivity contribution in [1.82, 2.24) is 5.32 Å². The number of ether oxygens (including phenoxy) is 1. The number of aliphatic hydroxyl groups is 2. The molecule has 2 unspecified atom stereocenters. The summed E-state index contributed by atoms with van der Waals surface area (Å²) in [6, 6.07) is -0.624. The van der Waals surface area contributed by atoms with Gasteiger partial charge in [0.05, 0.1) is 25.4 Å². The van der Waals surface area contributed by atoms with E-state index in [1.807, 2.05) is 6.08 Å². The topological polar surface area (TPSA) is 95.9 Å². The molecular formula is C74H137NO5. The highest BCUT2D eigenvalue weighted by atomic mass is 16.5. The molecule has 0 radical (unpaired) electrons. The van der Waals surface area contributed by atoms with E-state index in [9.17, 15) is 19.8 Å². The zero-order valence-corrected chi connectivity index (χ0v) is 53.6. The number of esters is 1. The molecule has 0 spiro atoms. The van der Waals surface area contributed by atoms with Gasteiger partial charge in [-0.15, -0.1) is 0 Å². The minimum Gasteiger partial charge on any atom is -0.466 e. The number of hydrogen-bond acceptors (Lipinski definition) is 5. The van der Waals surface area contributed by atoms with Gasteiger partial charge in [-0.25, -0.2) is 0 Å². The molecule has 0 aromatic carbocycles. The summed E-state index contributed by atoms with van der Waals surface area (Å²) in [5.41, 5.74) is 0. The number of carbonyl (C=O) groups is 2. The first-order valence-corrected chi connectivity index (χ1v) is 35.6. The first-order valence-electron chi connectivity index (χ1n) is 35.6. The molecule has 0 fully saturated rings. The Morgan fingerprint density at radius 3 is 0.975 bits per heavy atom. The smallest absolute Gasteiger partial charge is 0.305 e. The highest BCUT2D eigenvalue weighted by Gasteiger charge is 2.18. The lowest BCUT2D eigenvalue weighted by molar-refractivity contribution is -0.143. The number of nitrogens with one attached hydrogen (secondary N) is 1. The van der Waals surface area contributed by atoms with Crippen molar-refractivity contribution < 1.29 is 24.5 Å². The van der Waals surface area contributed by atoms with Crippen LogP contribution in [-0.2, 0) is 14.3 Å². The number of carbonyl (C=O) groups excluding carboxylic acids is 2. The number of aliphatic hydroxyl groups excluding tert-OH is 2. The van der Waals surface area contributed by atoms with Crippen LogP contribution < -0.4 is 5.32 Å².